The van der Waals surface area contributed by atoms with Crippen molar-refractivity contribution in [2.24, 2.45) is 4.99 Å². The van der Waals surface area contributed by atoms with Crippen molar-refractivity contribution in [3.63, 3.8) is 0 Å². The first-order valence-corrected chi connectivity index (χ1v) is 11.8. The van der Waals surface area contributed by atoms with Crippen LogP contribution in [0.2, 0.25) is 0 Å². The maximum Gasteiger partial charge on any atom is 0.0346 e. The van der Waals surface area contributed by atoms with E-state index in [1.807, 2.05) is 24.8 Å². The molecule has 1 aliphatic carbocycles. The summed E-state index contributed by atoms with van der Waals surface area (Å²) in [5.74, 6) is 0. The molecule has 0 spiro atoms. The SMILES string of the molecule is C1=NC=C(C2=CC=C(C3CCC(CNSc4cccc5cnccc45)N3)CC2)CC1. The number of rotatable bonds is 6. The van der Waals surface area contributed by atoms with E-state index in [9.17, 15) is 0 Å². The van der Waals surface area contributed by atoms with E-state index in [0.717, 1.165) is 25.8 Å². The molecule has 1 saturated heterocycles. The summed E-state index contributed by atoms with van der Waals surface area (Å²) in [6.07, 6.45) is 19.6. The zero-order valence-electron chi connectivity index (χ0n) is 17.2. The average molecular weight is 417 g/mol. The molecule has 1 aromatic carbocycles. The first-order chi connectivity index (χ1) is 14.9. The first kappa shape index (κ1) is 19.7. The van der Waals surface area contributed by atoms with E-state index in [1.54, 1.807) is 17.5 Å². The highest BCUT2D eigenvalue weighted by Crippen LogP contribution is 2.32. The number of nitrogens with zero attached hydrogens (tertiary/aromatic N) is 2. The number of allylic oxidation sites excluding steroid dienone is 4. The minimum Gasteiger partial charge on any atom is -0.306 e. The number of aliphatic imine (C=N–C) groups is 1. The Morgan fingerprint density at radius 2 is 2.07 bits per heavy atom. The van der Waals surface area contributed by atoms with Crippen molar-refractivity contribution >= 4 is 28.9 Å². The summed E-state index contributed by atoms with van der Waals surface area (Å²) < 4.78 is 3.59. The molecule has 4 nitrogen and oxygen atoms in total. The van der Waals surface area contributed by atoms with Gasteiger partial charge in [0.05, 0.1) is 0 Å². The van der Waals surface area contributed by atoms with Crippen LogP contribution in [0.3, 0.4) is 0 Å². The quantitative estimate of drug-likeness (QED) is 0.624. The molecular weight excluding hydrogens is 388 g/mol. The van der Waals surface area contributed by atoms with Gasteiger partial charge < -0.3 is 5.32 Å². The van der Waals surface area contributed by atoms with Gasteiger partial charge in [-0.05, 0) is 79.1 Å². The Morgan fingerprint density at radius 3 is 2.93 bits per heavy atom. The van der Waals surface area contributed by atoms with Crippen molar-refractivity contribution in [3.8, 4) is 0 Å². The molecule has 2 aliphatic heterocycles. The Labute approximate surface area is 182 Å². The van der Waals surface area contributed by atoms with E-state index in [2.05, 4.69) is 56.4 Å². The van der Waals surface area contributed by atoms with Crippen LogP contribution in [0.25, 0.3) is 10.8 Å². The van der Waals surface area contributed by atoms with Gasteiger partial charge in [0.2, 0.25) is 0 Å². The largest absolute Gasteiger partial charge is 0.306 e. The molecule has 154 valence electrons. The van der Waals surface area contributed by atoms with Gasteiger partial charge in [-0.15, -0.1) is 0 Å². The molecule has 3 heterocycles. The van der Waals surface area contributed by atoms with E-state index in [0.29, 0.717) is 12.1 Å². The molecule has 0 saturated carbocycles. The molecule has 1 aromatic heterocycles. The lowest BCUT2D eigenvalue weighted by atomic mass is 9.88. The summed E-state index contributed by atoms with van der Waals surface area (Å²) >= 11 is 1.73. The van der Waals surface area contributed by atoms with Gasteiger partial charge in [-0.2, -0.15) is 0 Å². The highest BCUT2D eigenvalue weighted by atomic mass is 32.2. The smallest absolute Gasteiger partial charge is 0.0346 e. The third-order valence-corrected chi connectivity index (χ3v) is 7.20. The molecule has 2 unspecified atom stereocenters. The number of hydrogen-bond acceptors (Lipinski definition) is 5. The number of nitrogens with one attached hydrogen (secondary N) is 2. The zero-order chi connectivity index (χ0) is 20.2. The van der Waals surface area contributed by atoms with Gasteiger partial charge >= 0.3 is 0 Å². The number of hydrogen-bond donors (Lipinski definition) is 2. The van der Waals surface area contributed by atoms with Gasteiger partial charge in [0, 0.05) is 53.7 Å². The van der Waals surface area contributed by atoms with E-state index in [-0.39, 0.29) is 0 Å². The van der Waals surface area contributed by atoms with Crippen molar-refractivity contribution in [1.29, 1.82) is 0 Å². The van der Waals surface area contributed by atoms with Crippen molar-refractivity contribution in [2.45, 2.75) is 55.5 Å². The van der Waals surface area contributed by atoms with Crippen LogP contribution in [0.1, 0.15) is 38.5 Å². The Balaban J connectivity index is 1.14. The Morgan fingerprint density at radius 1 is 1.07 bits per heavy atom. The van der Waals surface area contributed by atoms with Crippen molar-refractivity contribution in [3.05, 3.63) is 71.7 Å². The summed E-state index contributed by atoms with van der Waals surface area (Å²) in [6.45, 7) is 0.974. The lowest BCUT2D eigenvalue weighted by Crippen LogP contribution is -2.36. The molecule has 2 aromatic rings. The van der Waals surface area contributed by atoms with Crippen LogP contribution in [0, 0.1) is 0 Å². The molecule has 5 heteroatoms. The lowest BCUT2D eigenvalue weighted by Gasteiger charge is -2.22. The Bertz CT molecular complexity index is 1030. The van der Waals surface area contributed by atoms with Crippen LogP contribution in [-0.4, -0.2) is 29.8 Å². The van der Waals surface area contributed by atoms with Gasteiger partial charge in [-0.3, -0.25) is 14.7 Å². The fraction of sp³-hybridized carbons (Fsp3) is 0.360. The highest BCUT2D eigenvalue weighted by Gasteiger charge is 2.27. The number of aromatic nitrogens is 1. The van der Waals surface area contributed by atoms with Crippen LogP contribution in [0.4, 0.5) is 0 Å². The fourth-order valence-corrected chi connectivity index (χ4v) is 5.51. The summed E-state index contributed by atoms with van der Waals surface area (Å²) in [4.78, 5) is 9.82. The van der Waals surface area contributed by atoms with Crippen LogP contribution in [-0.2, 0) is 0 Å². The van der Waals surface area contributed by atoms with Gasteiger partial charge in [0.1, 0.15) is 0 Å². The molecule has 5 rings (SSSR count). The first-order valence-electron chi connectivity index (χ1n) is 11.0. The zero-order valence-corrected chi connectivity index (χ0v) is 18.0. The highest BCUT2D eigenvalue weighted by molar-refractivity contribution is 7.97. The van der Waals surface area contributed by atoms with E-state index < -0.39 is 0 Å². The number of benzene rings is 1. The van der Waals surface area contributed by atoms with Crippen molar-refractivity contribution in [1.82, 2.24) is 15.0 Å². The summed E-state index contributed by atoms with van der Waals surface area (Å²) in [7, 11) is 0. The average Bonchev–Trinajstić information content (AvgIpc) is 3.29. The van der Waals surface area contributed by atoms with Gasteiger partial charge in [0.25, 0.3) is 0 Å². The topological polar surface area (TPSA) is 49.3 Å². The molecular formula is C25H28N4S. The van der Waals surface area contributed by atoms with Crippen LogP contribution < -0.4 is 10.0 Å². The van der Waals surface area contributed by atoms with Crippen LogP contribution >= 0.6 is 11.9 Å². The Kier molecular flexibility index (Phi) is 6.11. The number of pyridine rings is 1. The third-order valence-electron chi connectivity index (χ3n) is 6.31. The van der Waals surface area contributed by atoms with E-state index in [1.165, 1.54) is 46.1 Å². The van der Waals surface area contributed by atoms with Crippen LogP contribution in [0.15, 0.2) is 81.6 Å². The maximum absolute atomic E-state index is 4.33. The van der Waals surface area contributed by atoms with Gasteiger partial charge in [-0.25, -0.2) is 0 Å². The second kappa shape index (κ2) is 9.29. The molecule has 0 amide bonds. The standard InChI is InChI=1S/C25H28N4S/c1-3-21-16-27-14-12-23(21)25(5-1)30-28-17-22-10-11-24(29-22)19-8-6-18(7-9-19)20-4-2-13-26-15-20/h1,3,5-6,8,12-16,22,24,28-29H,2,4,7,9-11,17H2. The van der Waals surface area contributed by atoms with Crippen LogP contribution in [0.5, 0.6) is 0 Å². The number of fused-ring (bicyclic) bond motifs is 1. The maximum atomic E-state index is 4.33. The minimum absolute atomic E-state index is 0.529. The minimum atomic E-state index is 0.529. The summed E-state index contributed by atoms with van der Waals surface area (Å²) in [6, 6.07) is 9.55. The molecule has 1 fully saturated rings. The van der Waals surface area contributed by atoms with E-state index >= 15 is 0 Å². The Hall–Kier alpha value is -2.21. The van der Waals surface area contributed by atoms with E-state index in [4.69, 9.17) is 0 Å². The molecule has 0 radical (unpaired) electrons. The molecule has 3 aliphatic rings. The normalized spacial score (nSPS) is 23.9. The molecule has 0 bridgehead atoms. The molecule has 2 atom stereocenters. The lowest BCUT2D eigenvalue weighted by molar-refractivity contribution is 0.558. The van der Waals surface area contributed by atoms with Gasteiger partial charge in [-0.1, -0.05) is 29.9 Å². The summed E-state index contributed by atoms with van der Waals surface area (Å²) in [5, 5.41) is 6.31. The second-order valence-electron chi connectivity index (χ2n) is 8.26. The monoisotopic (exact) mass is 416 g/mol. The summed E-state index contributed by atoms with van der Waals surface area (Å²) in [5.41, 5.74) is 4.47. The van der Waals surface area contributed by atoms with Crippen molar-refractivity contribution < 1.29 is 0 Å². The fourth-order valence-electron chi connectivity index (χ4n) is 4.63. The molecule has 30 heavy (non-hydrogen) atoms. The second-order valence-corrected chi connectivity index (χ2v) is 9.19. The predicted octanol–water partition coefficient (Wildman–Crippen LogP) is 5.35. The van der Waals surface area contributed by atoms with Crippen molar-refractivity contribution in [2.75, 3.05) is 6.54 Å². The molecule has 2 N–H and O–H groups in total. The third kappa shape index (κ3) is 4.43. The predicted molar refractivity (Wildman–Crippen MR) is 127 cm³/mol. The van der Waals surface area contributed by atoms with Gasteiger partial charge in [0.15, 0.2) is 0 Å².